The van der Waals surface area contributed by atoms with Crippen molar-refractivity contribution in [3.05, 3.63) is 72.0 Å². The minimum Gasteiger partial charge on any atom is -0.722 e. The van der Waals surface area contributed by atoms with E-state index in [2.05, 4.69) is 49.2 Å². The van der Waals surface area contributed by atoms with Gasteiger partial charge >= 0.3 is 0 Å². The Morgan fingerprint density at radius 3 is 2.00 bits per heavy atom. The van der Waals surface area contributed by atoms with Crippen LogP contribution in [0.2, 0.25) is 19.6 Å². The maximum absolute atomic E-state index is 4.45. The van der Waals surface area contributed by atoms with Crippen LogP contribution in [0.1, 0.15) is 5.56 Å². The Morgan fingerprint density at radius 2 is 1.44 bits per heavy atom. The maximum atomic E-state index is 4.45. The molecule has 2 heteroatoms. The third kappa shape index (κ3) is 3.41. The van der Waals surface area contributed by atoms with Gasteiger partial charge in [-0.3, -0.25) is 6.54 Å². The van der Waals surface area contributed by atoms with Gasteiger partial charge in [0.05, 0.1) is 8.07 Å². The van der Waals surface area contributed by atoms with Gasteiger partial charge in [-0.05, 0) is 0 Å². The number of hydrogen-bond acceptors (Lipinski definition) is 0. The maximum Gasteiger partial charge on any atom is 0.0748 e. The van der Waals surface area contributed by atoms with E-state index in [9.17, 15) is 0 Å². The highest BCUT2D eigenvalue weighted by atomic mass is 28.3. The van der Waals surface area contributed by atoms with Gasteiger partial charge in [-0.2, -0.15) is 12.1 Å². The van der Waals surface area contributed by atoms with Gasteiger partial charge in [0.1, 0.15) is 0 Å². The lowest BCUT2D eigenvalue weighted by Crippen LogP contribution is -2.37. The van der Waals surface area contributed by atoms with E-state index in [1.54, 1.807) is 0 Å². The molecule has 0 heterocycles. The van der Waals surface area contributed by atoms with Gasteiger partial charge in [-0.25, -0.2) is 5.56 Å². The van der Waals surface area contributed by atoms with Crippen molar-refractivity contribution in [1.82, 2.24) is 0 Å². The predicted molar refractivity (Wildman–Crippen MR) is 82.3 cm³/mol. The Morgan fingerprint density at radius 1 is 0.833 bits per heavy atom. The van der Waals surface area contributed by atoms with Gasteiger partial charge in [0.25, 0.3) is 0 Å². The molecule has 0 radical (unpaired) electrons. The molecule has 2 rings (SSSR count). The molecular weight excluding hydrogens is 234 g/mol. The van der Waals surface area contributed by atoms with Crippen LogP contribution in [-0.4, -0.2) is 8.07 Å². The zero-order valence-electron chi connectivity index (χ0n) is 11.2. The molecule has 2 aromatic rings. The van der Waals surface area contributed by atoms with Crippen LogP contribution in [0.3, 0.4) is 0 Å². The van der Waals surface area contributed by atoms with E-state index < -0.39 is 8.07 Å². The van der Waals surface area contributed by atoms with Crippen LogP contribution in [0.15, 0.2) is 54.6 Å². The molecule has 0 atom stereocenters. The average Bonchev–Trinajstić information content (AvgIpc) is 2.37. The summed E-state index contributed by atoms with van der Waals surface area (Å²) >= 11 is 0. The molecule has 0 aliphatic heterocycles. The van der Waals surface area contributed by atoms with Crippen molar-refractivity contribution in [3.8, 4) is 0 Å². The van der Waals surface area contributed by atoms with Gasteiger partial charge in [-0.15, -0.1) is 17.8 Å². The van der Waals surface area contributed by atoms with Gasteiger partial charge < -0.3 is 5.32 Å². The zero-order chi connectivity index (χ0) is 13.0. The summed E-state index contributed by atoms with van der Waals surface area (Å²) in [7, 11) is -1.19. The molecule has 2 aromatic carbocycles. The van der Waals surface area contributed by atoms with E-state index in [1.807, 2.05) is 36.9 Å². The van der Waals surface area contributed by atoms with Gasteiger partial charge in [-0.1, -0.05) is 55.2 Å². The molecule has 1 nitrogen and oxygen atoms in total. The molecule has 0 N–H and O–H groups in total. The quantitative estimate of drug-likeness (QED) is 0.565. The summed E-state index contributed by atoms with van der Waals surface area (Å²) in [6, 6.07) is 18.8. The molecule has 0 spiro atoms. The van der Waals surface area contributed by atoms with Crippen molar-refractivity contribution in [1.29, 1.82) is 0 Å². The van der Waals surface area contributed by atoms with E-state index in [0.29, 0.717) is 0 Å². The van der Waals surface area contributed by atoms with Gasteiger partial charge in [0, 0.05) is 0 Å². The Labute approximate surface area is 111 Å². The van der Waals surface area contributed by atoms with Crippen molar-refractivity contribution in [2.75, 3.05) is 0 Å². The Hall–Kier alpha value is -1.67. The molecule has 0 bridgehead atoms. The monoisotopic (exact) mass is 253 g/mol. The summed E-state index contributed by atoms with van der Waals surface area (Å²) in [6.45, 7) is 9.00. The fourth-order valence-corrected chi connectivity index (χ4v) is 2.90. The first kappa shape index (κ1) is 12.8. The first-order valence-electron chi connectivity index (χ1n) is 6.25. The standard InChI is InChI=1S/C16H19NSi/c1-18(2,3)16-11-9-14(10-12-16)13-17-15-7-5-4-6-8-15/h4-13H,1-3H3/q-2. The van der Waals surface area contributed by atoms with Crippen LogP contribution in [0, 0.1) is 6.54 Å². The van der Waals surface area contributed by atoms with Crippen LogP contribution in [0.5, 0.6) is 0 Å². The Balaban J connectivity index is 1.99. The van der Waals surface area contributed by atoms with E-state index in [4.69, 9.17) is 0 Å². The van der Waals surface area contributed by atoms with Crippen molar-refractivity contribution in [2.45, 2.75) is 19.6 Å². The van der Waals surface area contributed by atoms with Crippen molar-refractivity contribution in [2.24, 2.45) is 0 Å². The lowest BCUT2D eigenvalue weighted by molar-refractivity contribution is 1.47. The second kappa shape index (κ2) is 5.32. The van der Waals surface area contributed by atoms with Crippen LogP contribution < -0.4 is 5.19 Å². The first-order valence-corrected chi connectivity index (χ1v) is 9.75. The second-order valence-corrected chi connectivity index (χ2v) is 10.5. The molecule has 0 amide bonds. The zero-order valence-corrected chi connectivity index (χ0v) is 12.2. The third-order valence-electron chi connectivity index (χ3n) is 2.90. The highest BCUT2D eigenvalue weighted by Crippen LogP contribution is 2.21. The first-order chi connectivity index (χ1) is 8.55. The van der Waals surface area contributed by atoms with Crippen LogP contribution >= 0.6 is 0 Å². The smallest absolute Gasteiger partial charge is 0.0748 e. The summed E-state index contributed by atoms with van der Waals surface area (Å²) < 4.78 is 0. The molecule has 0 aromatic heterocycles. The van der Waals surface area contributed by atoms with E-state index in [0.717, 1.165) is 11.3 Å². The Kier molecular flexibility index (Phi) is 3.77. The average molecular weight is 253 g/mol. The summed E-state index contributed by atoms with van der Waals surface area (Å²) in [5, 5.41) is 5.94. The predicted octanol–water partition coefficient (Wildman–Crippen LogP) is 4.45. The fraction of sp³-hybridized carbons (Fsp3) is 0.188. The highest BCUT2D eigenvalue weighted by molar-refractivity contribution is 6.88. The fourth-order valence-electron chi connectivity index (χ4n) is 1.73. The largest absolute Gasteiger partial charge is 0.722 e. The highest BCUT2D eigenvalue weighted by Gasteiger charge is 2.13. The molecule has 0 saturated heterocycles. The SMILES string of the molecule is C[Si](C)(C)c1ccc([CH-][N-]c2ccccc2)cc1. The Bertz CT molecular complexity index is 483. The number of para-hydroxylation sites is 1. The van der Waals surface area contributed by atoms with Crippen LogP contribution in [0.25, 0.3) is 5.32 Å². The summed E-state index contributed by atoms with van der Waals surface area (Å²) in [6.07, 6.45) is 0. The van der Waals surface area contributed by atoms with Crippen LogP contribution in [0.4, 0.5) is 5.69 Å². The molecule has 0 fully saturated rings. The molecule has 94 valence electrons. The lowest BCUT2D eigenvalue weighted by Gasteiger charge is -2.29. The van der Waals surface area contributed by atoms with Gasteiger partial charge in [0.15, 0.2) is 0 Å². The summed E-state index contributed by atoms with van der Waals surface area (Å²) in [5.74, 6) is 0. The third-order valence-corrected chi connectivity index (χ3v) is 4.96. The van der Waals surface area contributed by atoms with Gasteiger partial charge in [0.2, 0.25) is 0 Å². The summed E-state index contributed by atoms with van der Waals surface area (Å²) in [4.78, 5) is 0. The number of hydrogen-bond donors (Lipinski definition) is 0. The van der Waals surface area contributed by atoms with E-state index >= 15 is 0 Å². The molecule has 0 unspecified atom stereocenters. The van der Waals surface area contributed by atoms with E-state index in [1.165, 1.54) is 5.19 Å². The molecular formula is C16H19NSi-2. The van der Waals surface area contributed by atoms with Crippen molar-refractivity contribution >= 4 is 18.9 Å². The topological polar surface area (TPSA) is 14.1 Å². The minimum absolute atomic E-state index is 0.992. The van der Waals surface area contributed by atoms with Crippen molar-refractivity contribution < 1.29 is 0 Å². The van der Waals surface area contributed by atoms with E-state index in [-0.39, 0.29) is 0 Å². The molecule has 18 heavy (non-hydrogen) atoms. The lowest BCUT2D eigenvalue weighted by atomic mass is 10.2. The molecule has 0 aliphatic rings. The number of rotatable bonds is 4. The minimum atomic E-state index is -1.19. The van der Waals surface area contributed by atoms with Crippen LogP contribution in [-0.2, 0) is 0 Å². The number of benzene rings is 2. The normalized spacial score (nSPS) is 11.1. The second-order valence-electron chi connectivity index (χ2n) is 5.47. The number of nitrogens with zero attached hydrogens (tertiary/aromatic N) is 1. The summed E-state index contributed by atoms with van der Waals surface area (Å²) in [5.41, 5.74) is 2.15. The molecule has 0 saturated carbocycles. The molecule has 0 aliphatic carbocycles. The van der Waals surface area contributed by atoms with Crippen molar-refractivity contribution in [3.63, 3.8) is 0 Å².